The summed E-state index contributed by atoms with van der Waals surface area (Å²) in [5.74, 6) is -0.118. The molecule has 0 atom stereocenters. The third-order valence-corrected chi connectivity index (χ3v) is 3.56. The summed E-state index contributed by atoms with van der Waals surface area (Å²) in [6.07, 6.45) is 0. The van der Waals surface area contributed by atoms with E-state index < -0.39 is 6.03 Å². The summed E-state index contributed by atoms with van der Waals surface area (Å²) < 4.78 is 0. The Bertz CT molecular complexity index is 579. The fourth-order valence-electron chi connectivity index (χ4n) is 1.65. The molecule has 5 nitrogen and oxygen atoms in total. The number of thiophene rings is 1. The van der Waals surface area contributed by atoms with E-state index in [2.05, 4.69) is 10.6 Å². The van der Waals surface area contributed by atoms with E-state index in [4.69, 9.17) is 5.73 Å². The number of hydrogen-bond acceptors (Lipinski definition) is 3. The van der Waals surface area contributed by atoms with E-state index in [9.17, 15) is 9.59 Å². The zero-order valence-corrected chi connectivity index (χ0v) is 11.6. The molecule has 20 heavy (non-hydrogen) atoms. The van der Waals surface area contributed by atoms with E-state index in [1.807, 2.05) is 17.5 Å². The highest BCUT2D eigenvalue weighted by molar-refractivity contribution is 7.09. The minimum atomic E-state index is -0.567. The SMILES string of the molecule is NC(=O)NCc1ccc(C(=O)NCc2cccs2)cc1. The van der Waals surface area contributed by atoms with Crippen LogP contribution in [0.15, 0.2) is 41.8 Å². The van der Waals surface area contributed by atoms with Crippen molar-refractivity contribution < 1.29 is 9.59 Å². The van der Waals surface area contributed by atoms with Gasteiger partial charge in [0, 0.05) is 17.0 Å². The van der Waals surface area contributed by atoms with Gasteiger partial charge in [0.15, 0.2) is 0 Å². The van der Waals surface area contributed by atoms with Gasteiger partial charge < -0.3 is 16.4 Å². The Balaban J connectivity index is 1.88. The number of carbonyl (C=O) groups excluding carboxylic acids is 2. The zero-order valence-electron chi connectivity index (χ0n) is 10.8. The molecule has 0 aliphatic heterocycles. The summed E-state index contributed by atoms with van der Waals surface area (Å²) >= 11 is 1.61. The molecule has 2 rings (SSSR count). The predicted octanol–water partition coefficient (Wildman–Crippen LogP) is 1.85. The van der Waals surface area contributed by atoms with Crippen molar-refractivity contribution >= 4 is 23.3 Å². The summed E-state index contributed by atoms with van der Waals surface area (Å²) in [4.78, 5) is 23.6. The van der Waals surface area contributed by atoms with E-state index in [1.165, 1.54) is 0 Å². The largest absolute Gasteiger partial charge is 0.352 e. The summed E-state index contributed by atoms with van der Waals surface area (Å²) in [6, 6.07) is 10.4. The molecule has 2 aromatic rings. The lowest BCUT2D eigenvalue weighted by Gasteiger charge is -2.06. The highest BCUT2D eigenvalue weighted by Crippen LogP contribution is 2.09. The van der Waals surface area contributed by atoms with E-state index >= 15 is 0 Å². The number of benzene rings is 1. The fraction of sp³-hybridized carbons (Fsp3) is 0.143. The maximum atomic E-state index is 11.9. The second-order valence-electron chi connectivity index (χ2n) is 4.18. The van der Waals surface area contributed by atoms with Gasteiger partial charge in [-0.15, -0.1) is 11.3 Å². The van der Waals surface area contributed by atoms with Gasteiger partial charge in [0.1, 0.15) is 0 Å². The van der Waals surface area contributed by atoms with Gasteiger partial charge in [-0.05, 0) is 29.1 Å². The molecule has 3 amide bonds. The average molecular weight is 289 g/mol. The predicted molar refractivity (Wildman–Crippen MR) is 78.4 cm³/mol. The zero-order chi connectivity index (χ0) is 14.4. The first-order valence-corrected chi connectivity index (χ1v) is 6.96. The Labute approximate surface area is 120 Å². The lowest BCUT2D eigenvalue weighted by atomic mass is 10.1. The Morgan fingerprint density at radius 2 is 1.80 bits per heavy atom. The lowest BCUT2D eigenvalue weighted by molar-refractivity contribution is 0.0951. The van der Waals surface area contributed by atoms with Crippen molar-refractivity contribution in [3.8, 4) is 0 Å². The first-order chi connectivity index (χ1) is 9.65. The number of hydrogen-bond donors (Lipinski definition) is 3. The number of primary amides is 1. The van der Waals surface area contributed by atoms with Crippen LogP contribution >= 0.6 is 11.3 Å². The van der Waals surface area contributed by atoms with Crippen LogP contribution in [-0.4, -0.2) is 11.9 Å². The molecule has 0 spiro atoms. The van der Waals surface area contributed by atoms with Gasteiger partial charge in [-0.3, -0.25) is 4.79 Å². The number of carbonyl (C=O) groups is 2. The minimum absolute atomic E-state index is 0.118. The molecule has 1 heterocycles. The van der Waals surface area contributed by atoms with Gasteiger partial charge in [0.2, 0.25) is 0 Å². The first-order valence-electron chi connectivity index (χ1n) is 6.08. The molecule has 1 aromatic heterocycles. The molecule has 0 unspecified atom stereocenters. The van der Waals surface area contributed by atoms with Crippen LogP contribution in [0.1, 0.15) is 20.8 Å². The molecule has 0 bridgehead atoms. The van der Waals surface area contributed by atoms with Crippen LogP contribution in [0.4, 0.5) is 4.79 Å². The fourth-order valence-corrected chi connectivity index (χ4v) is 2.29. The number of nitrogens with two attached hydrogens (primary N) is 1. The van der Waals surface area contributed by atoms with Crippen LogP contribution in [0, 0.1) is 0 Å². The quantitative estimate of drug-likeness (QED) is 0.784. The van der Waals surface area contributed by atoms with Crippen molar-refractivity contribution in [1.82, 2.24) is 10.6 Å². The summed E-state index contributed by atoms with van der Waals surface area (Å²) in [5, 5.41) is 7.32. The number of nitrogens with one attached hydrogen (secondary N) is 2. The second kappa shape index (κ2) is 6.72. The molecule has 0 saturated carbocycles. The van der Waals surface area contributed by atoms with Crippen LogP contribution in [0.25, 0.3) is 0 Å². The van der Waals surface area contributed by atoms with Crippen molar-refractivity contribution in [2.75, 3.05) is 0 Å². The summed E-state index contributed by atoms with van der Waals surface area (Å²) in [6.45, 7) is 0.883. The third-order valence-electron chi connectivity index (χ3n) is 2.69. The Morgan fingerprint density at radius 3 is 2.40 bits per heavy atom. The molecule has 1 aromatic carbocycles. The van der Waals surface area contributed by atoms with E-state index in [0.717, 1.165) is 10.4 Å². The van der Waals surface area contributed by atoms with Crippen molar-refractivity contribution in [3.05, 3.63) is 57.8 Å². The van der Waals surface area contributed by atoms with Crippen LogP contribution in [-0.2, 0) is 13.1 Å². The Kier molecular flexibility index (Phi) is 4.73. The van der Waals surface area contributed by atoms with E-state index in [-0.39, 0.29) is 5.91 Å². The molecular weight excluding hydrogens is 274 g/mol. The van der Waals surface area contributed by atoms with Crippen LogP contribution in [0.5, 0.6) is 0 Å². The molecule has 0 saturated heterocycles. The normalized spacial score (nSPS) is 10.0. The smallest absolute Gasteiger partial charge is 0.312 e. The van der Waals surface area contributed by atoms with E-state index in [1.54, 1.807) is 35.6 Å². The van der Waals surface area contributed by atoms with Crippen molar-refractivity contribution in [1.29, 1.82) is 0 Å². The van der Waals surface area contributed by atoms with Gasteiger partial charge in [0.05, 0.1) is 6.54 Å². The number of amides is 3. The van der Waals surface area contributed by atoms with E-state index in [0.29, 0.717) is 18.7 Å². The minimum Gasteiger partial charge on any atom is -0.352 e. The average Bonchev–Trinajstić information content (AvgIpc) is 2.96. The van der Waals surface area contributed by atoms with Crippen LogP contribution in [0.2, 0.25) is 0 Å². The van der Waals surface area contributed by atoms with Crippen LogP contribution in [0.3, 0.4) is 0 Å². The van der Waals surface area contributed by atoms with Crippen molar-refractivity contribution in [2.24, 2.45) is 5.73 Å². The molecule has 0 aliphatic carbocycles. The molecule has 0 radical (unpaired) electrons. The van der Waals surface area contributed by atoms with Crippen LogP contribution < -0.4 is 16.4 Å². The topological polar surface area (TPSA) is 84.2 Å². The molecule has 0 aliphatic rings. The summed E-state index contributed by atoms with van der Waals surface area (Å²) in [5.41, 5.74) is 6.47. The van der Waals surface area contributed by atoms with Gasteiger partial charge >= 0.3 is 6.03 Å². The lowest BCUT2D eigenvalue weighted by Crippen LogP contribution is -2.28. The second-order valence-corrected chi connectivity index (χ2v) is 5.21. The molecule has 104 valence electrons. The van der Waals surface area contributed by atoms with Crippen molar-refractivity contribution in [3.63, 3.8) is 0 Å². The number of rotatable bonds is 5. The standard InChI is InChI=1S/C14H15N3O2S/c15-14(19)17-8-10-3-5-11(6-4-10)13(18)16-9-12-2-1-7-20-12/h1-7H,8-9H2,(H,16,18)(H3,15,17,19). The van der Waals surface area contributed by atoms with Gasteiger partial charge in [0.25, 0.3) is 5.91 Å². The van der Waals surface area contributed by atoms with Gasteiger partial charge in [-0.2, -0.15) is 0 Å². The third kappa shape index (κ3) is 4.10. The van der Waals surface area contributed by atoms with Gasteiger partial charge in [-0.1, -0.05) is 18.2 Å². The number of urea groups is 1. The highest BCUT2D eigenvalue weighted by Gasteiger charge is 2.05. The first kappa shape index (κ1) is 14.1. The molecule has 0 fully saturated rings. The van der Waals surface area contributed by atoms with Gasteiger partial charge in [-0.25, -0.2) is 4.79 Å². The molecular formula is C14H15N3O2S. The Morgan fingerprint density at radius 1 is 1.05 bits per heavy atom. The highest BCUT2D eigenvalue weighted by atomic mass is 32.1. The summed E-state index contributed by atoms with van der Waals surface area (Å²) in [7, 11) is 0. The maximum Gasteiger partial charge on any atom is 0.312 e. The molecule has 4 N–H and O–H groups in total. The monoisotopic (exact) mass is 289 g/mol. The Hall–Kier alpha value is -2.34. The van der Waals surface area contributed by atoms with Crippen molar-refractivity contribution in [2.45, 2.75) is 13.1 Å². The maximum absolute atomic E-state index is 11.9. The molecule has 6 heteroatoms.